The topological polar surface area (TPSA) is 40.1 Å². The molecule has 0 amide bonds. The van der Waals surface area contributed by atoms with Crippen molar-refractivity contribution in [2.45, 2.75) is 27.7 Å². The molecule has 54 valence electrons. The summed E-state index contributed by atoms with van der Waals surface area (Å²) in [5.74, 6) is -1.35. The first-order valence-electron chi connectivity index (χ1n) is 3.06. The average Bonchev–Trinajstić information content (AvgIpc) is 1.62. The highest BCUT2D eigenvalue weighted by Gasteiger charge is 2.20. The maximum atomic E-state index is 10.2. The van der Waals surface area contributed by atoms with Gasteiger partial charge >= 0.3 is 0 Å². The summed E-state index contributed by atoms with van der Waals surface area (Å²) in [6.45, 7) is 7.31. The van der Waals surface area contributed by atoms with Crippen LogP contribution in [0.25, 0.3) is 0 Å². The Labute approximate surface area is 55.9 Å². The monoisotopic (exact) mass is 129 g/mol. The van der Waals surface area contributed by atoms with Crippen LogP contribution in [0.4, 0.5) is 0 Å². The first kappa shape index (κ1) is 8.47. The Kier molecular flexibility index (Phi) is 2.24. The SMILES string of the molecule is CC(C(=O)[O-])C(C)(C)C. The number of carboxylic acids is 1. The fourth-order valence-electron chi connectivity index (χ4n) is 0.354. The lowest BCUT2D eigenvalue weighted by molar-refractivity contribution is -0.314. The Morgan fingerprint density at radius 2 is 1.78 bits per heavy atom. The minimum absolute atomic E-state index is 0.182. The van der Waals surface area contributed by atoms with E-state index in [1.165, 1.54) is 0 Å². The largest absolute Gasteiger partial charge is 0.550 e. The van der Waals surface area contributed by atoms with Gasteiger partial charge in [0.1, 0.15) is 0 Å². The number of rotatable bonds is 1. The molecule has 0 radical (unpaired) electrons. The summed E-state index contributed by atoms with van der Waals surface area (Å²) in [5, 5.41) is 10.2. The lowest BCUT2D eigenvalue weighted by Crippen LogP contribution is -2.36. The summed E-state index contributed by atoms with van der Waals surface area (Å²) in [5.41, 5.74) is -0.182. The molecule has 0 aromatic carbocycles. The van der Waals surface area contributed by atoms with Crippen LogP contribution < -0.4 is 5.11 Å². The molecule has 1 atom stereocenters. The predicted octanol–water partition coefficient (Wildman–Crippen LogP) is 0.418. The molecular weight excluding hydrogens is 116 g/mol. The fourth-order valence-corrected chi connectivity index (χ4v) is 0.354. The lowest BCUT2D eigenvalue weighted by atomic mass is 9.82. The highest BCUT2D eigenvalue weighted by molar-refractivity contribution is 5.67. The Bertz CT molecular complexity index is 111. The van der Waals surface area contributed by atoms with Crippen LogP contribution in [-0.2, 0) is 4.79 Å². The highest BCUT2D eigenvalue weighted by atomic mass is 16.4. The molecule has 0 aromatic heterocycles. The molecule has 0 rings (SSSR count). The van der Waals surface area contributed by atoms with Crippen molar-refractivity contribution in [3.8, 4) is 0 Å². The van der Waals surface area contributed by atoms with Crippen molar-refractivity contribution in [1.29, 1.82) is 0 Å². The third-order valence-corrected chi connectivity index (χ3v) is 1.65. The zero-order chi connectivity index (χ0) is 7.65. The van der Waals surface area contributed by atoms with Crippen LogP contribution in [0.1, 0.15) is 27.7 Å². The van der Waals surface area contributed by atoms with Gasteiger partial charge in [0.25, 0.3) is 0 Å². The van der Waals surface area contributed by atoms with Gasteiger partial charge < -0.3 is 9.90 Å². The molecule has 9 heavy (non-hydrogen) atoms. The van der Waals surface area contributed by atoms with Gasteiger partial charge in [-0.1, -0.05) is 27.7 Å². The Morgan fingerprint density at radius 3 is 1.78 bits per heavy atom. The fraction of sp³-hybridized carbons (Fsp3) is 0.857. The minimum Gasteiger partial charge on any atom is -0.550 e. The standard InChI is InChI=1S/C7H14O2/c1-5(6(8)9)7(2,3)4/h5H,1-4H3,(H,8,9)/p-1. The molecule has 2 nitrogen and oxygen atoms in total. The molecule has 0 N–H and O–H groups in total. The molecule has 0 heterocycles. The van der Waals surface area contributed by atoms with Crippen LogP contribution in [0.5, 0.6) is 0 Å². The second-order valence-corrected chi connectivity index (χ2v) is 3.41. The third kappa shape index (κ3) is 2.49. The normalized spacial score (nSPS) is 15.1. The van der Waals surface area contributed by atoms with Gasteiger partial charge in [-0.05, 0) is 5.41 Å². The summed E-state index contributed by atoms with van der Waals surface area (Å²) in [6, 6.07) is 0. The van der Waals surface area contributed by atoms with Crippen LogP contribution in [0.3, 0.4) is 0 Å². The zero-order valence-corrected chi connectivity index (χ0v) is 6.39. The number of hydrogen-bond donors (Lipinski definition) is 0. The van der Waals surface area contributed by atoms with Crippen LogP contribution in [-0.4, -0.2) is 5.97 Å². The number of aliphatic carboxylic acids is 1. The van der Waals surface area contributed by atoms with Crippen molar-refractivity contribution in [1.82, 2.24) is 0 Å². The van der Waals surface area contributed by atoms with Gasteiger partial charge in [0, 0.05) is 11.9 Å². The van der Waals surface area contributed by atoms with E-state index in [1.54, 1.807) is 6.92 Å². The van der Waals surface area contributed by atoms with E-state index in [-0.39, 0.29) is 11.3 Å². The molecule has 2 heteroatoms. The summed E-state index contributed by atoms with van der Waals surface area (Å²) >= 11 is 0. The second kappa shape index (κ2) is 2.38. The summed E-state index contributed by atoms with van der Waals surface area (Å²) < 4.78 is 0. The molecular formula is C7H13O2-. The molecule has 0 saturated heterocycles. The predicted molar refractivity (Wildman–Crippen MR) is 33.6 cm³/mol. The van der Waals surface area contributed by atoms with Gasteiger partial charge in [0.2, 0.25) is 0 Å². The lowest BCUT2D eigenvalue weighted by Gasteiger charge is -2.27. The van der Waals surface area contributed by atoms with Crippen molar-refractivity contribution in [3.63, 3.8) is 0 Å². The first-order valence-corrected chi connectivity index (χ1v) is 3.06. The number of hydrogen-bond acceptors (Lipinski definition) is 2. The van der Waals surface area contributed by atoms with Crippen molar-refractivity contribution in [2.24, 2.45) is 11.3 Å². The van der Waals surface area contributed by atoms with Crippen molar-refractivity contribution < 1.29 is 9.90 Å². The van der Waals surface area contributed by atoms with Gasteiger partial charge in [-0.15, -0.1) is 0 Å². The Morgan fingerprint density at radius 1 is 1.44 bits per heavy atom. The average molecular weight is 129 g/mol. The maximum Gasteiger partial charge on any atom is 0.0447 e. The molecule has 0 aliphatic rings. The van der Waals surface area contributed by atoms with Gasteiger partial charge in [-0.2, -0.15) is 0 Å². The van der Waals surface area contributed by atoms with Crippen molar-refractivity contribution in [2.75, 3.05) is 0 Å². The van der Waals surface area contributed by atoms with Crippen LogP contribution >= 0.6 is 0 Å². The number of carboxylic acid groups (broad SMARTS) is 1. The molecule has 1 unspecified atom stereocenters. The van der Waals surface area contributed by atoms with E-state index in [4.69, 9.17) is 0 Å². The van der Waals surface area contributed by atoms with E-state index in [1.807, 2.05) is 20.8 Å². The van der Waals surface area contributed by atoms with Gasteiger partial charge in [-0.3, -0.25) is 0 Å². The van der Waals surface area contributed by atoms with Crippen LogP contribution in [0.15, 0.2) is 0 Å². The molecule has 0 aliphatic carbocycles. The van der Waals surface area contributed by atoms with Crippen molar-refractivity contribution in [3.05, 3.63) is 0 Å². The molecule has 0 fully saturated rings. The Balaban J connectivity index is 4.04. The Hall–Kier alpha value is -0.530. The van der Waals surface area contributed by atoms with Crippen LogP contribution in [0, 0.1) is 11.3 Å². The highest BCUT2D eigenvalue weighted by Crippen LogP contribution is 2.24. The zero-order valence-electron chi connectivity index (χ0n) is 6.39. The molecule has 0 spiro atoms. The molecule has 0 saturated carbocycles. The first-order chi connectivity index (χ1) is 3.85. The van der Waals surface area contributed by atoms with E-state index in [0.29, 0.717) is 0 Å². The van der Waals surface area contributed by atoms with Crippen molar-refractivity contribution >= 4 is 5.97 Å². The quantitative estimate of drug-likeness (QED) is 0.514. The van der Waals surface area contributed by atoms with E-state index < -0.39 is 5.97 Å². The molecule has 0 aliphatic heterocycles. The second-order valence-electron chi connectivity index (χ2n) is 3.41. The molecule has 0 aromatic rings. The third-order valence-electron chi connectivity index (χ3n) is 1.65. The number of carbonyl (C=O) groups excluding carboxylic acids is 1. The maximum absolute atomic E-state index is 10.2. The van der Waals surface area contributed by atoms with E-state index >= 15 is 0 Å². The summed E-state index contributed by atoms with van der Waals surface area (Å²) in [4.78, 5) is 10.2. The van der Waals surface area contributed by atoms with E-state index in [2.05, 4.69) is 0 Å². The minimum atomic E-state index is -0.970. The summed E-state index contributed by atoms with van der Waals surface area (Å²) in [6.07, 6.45) is 0. The molecule has 0 bridgehead atoms. The summed E-state index contributed by atoms with van der Waals surface area (Å²) in [7, 11) is 0. The van der Waals surface area contributed by atoms with Gasteiger partial charge in [0.15, 0.2) is 0 Å². The van der Waals surface area contributed by atoms with E-state index in [0.717, 1.165) is 0 Å². The smallest absolute Gasteiger partial charge is 0.0447 e. The van der Waals surface area contributed by atoms with Gasteiger partial charge in [-0.25, -0.2) is 0 Å². The van der Waals surface area contributed by atoms with Crippen LogP contribution in [0.2, 0.25) is 0 Å². The van der Waals surface area contributed by atoms with E-state index in [9.17, 15) is 9.90 Å². The van der Waals surface area contributed by atoms with Gasteiger partial charge in [0.05, 0.1) is 0 Å². The number of carbonyl (C=O) groups is 1.